The Hall–Kier alpha value is -3.13. The molecule has 8 heteroatoms. The zero-order valence-corrected chi connectivity index (χ0v) is 22.0. The number of hydrogen-bond donors (Lipinski definition) is 1. The number of benzene rings is 1. The molecule has 0 aliphatic carbocycles. The molecule has 2 aromatic rings. The lowest BCUT2D eigenvalue weighted by Gasteiger charge is -2.20. The minimum atomic E-state index is -0.397. The minimum absolute atomic E-state index is 0.0754. The van der Waals surface area contributed by atoms with E-state index in [1.807, 2.05) is 39.0 Å². The van der Waals surface area contributed by atoms with Crippen molar-refractivity contribution >= 4 is 39.8 Å². The molecule has 0 spiro atoms. The highest BCUT2D eigenvalue weighted by molar-refractivity contribution is 8.26. The Balaban J connectivity index is 1.60. The van der Waals surface area contributed by atoms with Crippen LogP contribution in [0.2, 0.25) is 0 Å². The number of methoxy groups -OCH3 is 1. The molecule has 0 bridgehead atoms. The normalized spacial score (nSPS) is 16.6. The predicted octanol–water partition coefficient (Wildman–Crippen LogP) is 6.39. The molecule has 2 aliphatic rings. The SMILES string of the molecule is CCCCCCCC1=NN2C(=N)C(=Cc3cc(C)n(-c4cc(C)ccc4OC)c3C)C(=O)N=C2S1. The zero-order chi connectivity index (χ0) is 25.1. The van der Waals surface area contributed by atoms with Crippen molar-refractivity contribution in [2.75, 3.05) is 7.11 Å². The van der Waals surface area contributed by atoms with Gasteiger partial charge < -0.3 is 9.30 Å². The summed E-state index contributed by atoms with van der Waals surface area (Å²) < 4.78 is 7.71. The van der Waals surface area contributed by atoms with Crippen LogP contribution < -0.4 is 4.74 Å². The molecule has 0 radical (unpaired) electrons. The summed E-state index contributed by atoms with van der Waals surface area (Å²) in [4.78, 5) is 17.1. The lowest BCUT2D eigenvalue weighted by atomic mass is 10.1. The van der Waals surface area contributed by atoms with Gasteiger partial charge in [0.1, 0.15) is 10.8 Å². The van der Waals surface area contributed by atoms with Gasteiger partial charge in [-0.1, -0.05) is 38.7 Å². The lowest BCUT2D eigenvalue weighted by Crippen LogP contribution is -2.35. The number of fused-ring (bicyclic) bond motifs is 1. The van der Waals surface area contributed by atoms with Crippen LogP contribution in [0.3, 0.4) is 0 Å². The summed E-state index contributed by atoms with van der Waals surface area (Å²) >= 11 is 1.41. The molecule has 3 heterocycles. The summed E-state index contributed by atoms with van der Waals surface area (Å²) in [7, 11) is 1.66. The van der Waals surface area contributed by atoms with Crippen LogP contribution in [-0.4, -0.2) is 38.6 Å². The Labute approximate surface area is 211 Å². The first-order chi connectivity index (χ1) is 16.8. The monoisotopic (exact) mass is 491 g/mol. The Bertz CT molecular complexity index is 1250. The molecule has 0 fully saturated rings. The van der Waals surface area contributed by atoms with E-state index >= 15 is 0 Å². The Kier molecular flexibility index (Phi) is 7.60. The van der Waals surface area contributed by atoms with Gasteiger partial charge in [0.2, 0.25) is 5.17 Å². The molecule has 1 aromatic carbocycles. The Morgan fingerprint density at radius 2 is 1.89 bits per heavy atom. The van der Waals surface area contributed by atoms with Crippen LogP contribution in [0.1, 0.15) is 68.0 Å². The number of ether oxygens (including phenoxy) is 1. The second-order valence-electron chi connectivity index (χ2n) is 9.02. The summed E-state index contributed by atoms with van der Waals surface area (Å²) in [5.74, 6) is 0.454. The number of hydrogen-bond acceptors (Lipinski definition) is 5. The molecule has 0 saturated carbocycles. The van der Waals surface area contributed by atoms with Gasteiger partial charge in [0.05, 0.1) is 18.4 Å². The summed E-state index contributed by atoms with van der Waals surface area (Å²) in [5.41, 5.74) is 5.16. The number of nitrogens with zero attached hydrogens (tertiary/aromatic N) is 4. The van der Waals surface area contributed by atoms with Gasteiger partial charge in [0, 0.05) is 11.4 Å². The van der Waals surface area contributed by atoms with Crippen molar-refractivity contribution in [3.8, 4) is 11.4 Å². The average molecular weight is 492 g/mol. The highest BCUT2D eigenvalue weighted by atomic mass is 32.2. The molecule has 1 aromatic heterocycles. The van der Waals surface area contributed by atoms with Crippen molar-refractivity contribution in [1.82, 2.24) is 9.58 Å². The molecule has 0 unspecified atom stereocenters. The number of amides is 1. The van der Waals surface area contributed by atoms with Crippen LogP contribution in [-0.2, 0) is 4.79 Å². The number of nitrogens with one attached hydrogen (secondary N) is 1. The van der Waals surface area contributed by atoms with Gasteiger partial charge in [0.25, 0.3) is 5.91 Å². The van der Waals surface area contributed by atoms with Gasteiger partial charge in [-0.3, -0.25) is 10.2 Å². The summed E-state index contributed by atoms with van der Waals surface area (Å²) in [6.07, 6.45) is 8.54. The molecular formula is C27H33N5O2S. The van der Waals surface area contributed by atoms with Crippen LogP contribution in [0.4, 0.5) is 0 Å². The van der Waals surface area contributed by atoms with Crippen LogP contribution >= 0.6 is 11.8 Å². The predicted molar refractivity (Wildman–Crippen MR) is 145 cm³/mol. The largest absolute Gasteiger partial charge is 0.495 e. The first kappa shape index (κ1) is 25.0. The minimum Gasteiger partial charge on any atom is -0.495 e. The van der Waals surface area contributed by atoms with E-state index in [2.05, 4.69) is 27.7 Å². The standard InChI is InChI=1S/C27H33N5O2S/c1-6-7-8-9-10-11-24-30-32-25(28)21(26(33)29-27(32)35-24)16-20-15-18(3)31(19(20)4)22-14-17(2)12-13-23(22)34-5/h12-16,28H,6-11H2,1-5H3. The van der Waals surface area contributed by atoms with Crippen molar-refractivity contribution in [3.05, 3.63) is 52.4 Å². The molecule has 0 atom stereocenters. The average Bonchev–Trinajstić information content (AvgIpc) is 3.36. The smallest absolute Gasteiger partial charge is 0.283 e. The topological polar surface area (TPSA) is 83.0 Å². The van der Waals surface area contributed by atoms with Gasteiger partial charge in [0.15, 0.2) is 5.84 Å². The van der Waals surface area contributed by atoms with Gasteiger partial charge in [-0.05, 0) is 80.8 Å². The Morgan fingerprint density at radius 3 is 2.63 bits per heavy atom. The molecular weight excluding hydrogens is 458 g/mol. The molecule has 0 saturated heterocycles. The molecule has 7 nitrogen and oxygen atoms in total. The third kappa shape index (κ3) is 5.12. The van der Waals surface area contributed by atoms with Crippen molar-refractivity contribution in [3.63, 3.8) is 0 Å². The van der Waals surface area contributed by atoms with Gasteiger partial charge in [-0.15, -0.1) is 0 Å². The van der Waals surface area contributed by atoms with Crippen molar-refractivity contribution < 1.29 is 9.53 Å². The molecule has 1 amide bonds. The van der Waals surface area contributed by atoms with E-state index in [4.69, 9.17) is 10.1 Å². The van der Waals surface area contributed by atoms with Crippen molar-refractivity contribution in [1.29, 1.82) is 5.41 Å². The fraction of sp³-hybridized carbons (Fsp3) is 0.407. The van der Waals surface area contributed by atoms with Crippen molar-refractivity contribution in [2.45, 2.75) is 66.2 Å². The van der Waals surface area contributed by atoms with Gasteiger partial charge >= 0.3 is 0 Å². The number of hydrazone groups is 1. The highest BCUT2D eigenvalue weighted by Crippen LogP contribution is 2.33. The second-order valence-corrected chi connectivity index (χ2v) is 10.1. The maximum atomic E-state index is 12.9. The van der Waals surface area contributed by atoms with Crippen LogP contribution in [0.15, 0.2) is 39.9 Å². The lowest BCUT2D eigenvalue weighted by molar-refractivity contribution is -0.114. The van der Waals surface area contributed by atoms with Crippen LogP contribution in [0.5, 0.6) is 5.75 Å². The molecule has 2 aliphatic heterocycles. The fourth-order valence-electron chi connectivity index (χ4n) is 4.45. The number of rotatable bonds is 9. The number of thioether (sulfide) groups is 1. The van der Waals surface area contributed by atoms with E-state index in [1.165, 1.54) is 42.5 Å². The summed E-state index contributed by atoms with van der Waals surface area (Å²) in [5, 5.41) is 16.2. The molecule has 4 rings (SSSR count). The second kappa shape index (κ2) is 10.6. The van der Waals surface area contributed by atoms with E-state index in [1.54, 1.807) is 13.2 Å². The van der Waals surface area contributed by atoms with E-state index in [0.717, 1.165) is 51.8 Å². The maximum absolute atomic E-state index is 12.9. The highest BCUT2D eigenvalue weighted by Gasteiger charge is 2.35. The van der Waals surface area contributed by atoms with Crippen LogP contribution in [0.25, 0.3) is 11.8 Å². The fourth-order valence-corrected chi connectivity index (χ4v) is 5.37. The molecule has 35 heavy (non-hydrogen) atoms. The third-order valence-corrected chi connectivity index (χ3v) is 7.30. The number of aliphatic imine (C=N–C) groups is 1. The van der Waals surface area contributed by atoms with E-state index in [-0.39, 0.29) is 11.4 Å². The van der Waals surface area contributed by atoms with Gasteiger partial charge in [-0.2, -0.15) is 15.1 Å². The maximum Gasteiger partial charge on any atom is 0.283 e. The number of unbranched alkanes of at least 4 members (excludes halogenated alkanes) is 4. The first-order valence-corrected chi connectivity index (χ1v) is 13.0. The van der Waals surface area contributed by atoms with Gasteiger partial charge in [-0.25, -0.2) is 0 Å². The van der Waals surface area contributed by atoms with E-state index in [0.29, 0.717) is 5.17 Å². The molecule has 184 valence electrons. The summed E-state index contributed by atoms with van der Waals surface area (Å²) in [6.45, 7) is 8.28. The van der Waals surface area contributed by atoms with Crippen molar-refractivity contribution in [2.24, 2.45) is 10.1 Å². The number of aromatic nitrogens is 1. The number of aryl methyl sites for hydroxylation is 2. The quantitative estimate of drug-likeness (QED) is 0.325. The van der Waals surface area contributed by atoms with Crippen LogP contribution in [0, 0.1) is 26.2 Å². The summed E-state index contributed by atoms with van der Waals surface area (Å²) in [6, 6.07) is 8.08. The number of carbonyl (C=O) groups is 1. The first-order valence-electron chi connectivity index (χ1n) is 12.2. The number of carbonyl (C=O) groups excluding carboxylic acids is 1. The number of amidine groups is 2. The van der Waals surface area contributed by atoms with E-state index in [9.17, 15) is 4.79 Å². The molecule has 1 N–H and O–H groups in total. The van der Waals surface area contributed by atoms with E-state index < -0.39 is 5.91 Å². The Morgan fingerprint density at radius 1 is 1.11 bits per heavy atom. The third-order valence-electron chi connectivity index (χ3n) is 6.34. The zero-order valence-electron chi connectivity index (χ0n) is 21.1.